The largest absolute Gasteiger partial charge is 0.573 e. The number of amides is 1. The number of benzene rings is 2. The van der Waals surface area contributed by atoms with Crippen LogP contribution in [0.25, 0.3) is 0 Å². The van der Waals surface area contributed by atoms with Crippen molar-refractivity contribution in [2.75, 3.05) is 11.9 Å². The maximum Gasteiger partial charge on any atom is 0.573 e. The summed E-state index contributed by atoms with van der Waals surface area (Å²) in [5.74, 6) is -2.21. The predicted octanol–water partition coefficient (Wildman–Crippen LogP) is 3.45. The molecule has 0 bridgehead atoms. The van der Waals surface area contributed by atoms with Crippen molar-refractivity contribution in [3.8, 4) is 5.75 Å². The van der Waals surface area contributed by atoms with Gasteiger partial charge in [0.05, 0.1) is 6.42 Å². The first kappa shape index (κ1) is 19.2. The molecule has 5 nitrogen and oxygen atoms in total. The molecule has 0 saturated carbocycles. The highest BCUT2D eigenvalue weighted by Gasteiger charge is 2.30. The van der Waals surface area contributed by atoms with E-state index >= 15 is 0 Å². The van der Waals surface area contributed by atoms with Gasteiger partial charge in [0.25, 0.3) is 5.91 Å². The summed E-state index contributed by atoms with van der Waals surface area (Å²) in [6.07, 6.45) is -4.93. The number of esters is 1. The number of hydrogen-bond donors (Lipinski definition) is 1. The van der Waals surface area contributed by atoms with E-state index in [9.17, 15) is 27.2 Å². The van der Waals surface area contributed by atoms with Gasteiger partial charge < -0.3 is 14.8 Å². The van der Waals surface area contributed by atoms with Crippen molar-refractivity contribution in [2.24, 2.45) is 0 Å². The van der Waals surface area contributed by atoms with Gasteiger partial charge in [-0.2, -0.15) is 0 Å². The zero-order valence-corrected chi connectivity index (χ0v) is 13.2. The molecule has 0 aromatic heterocycles. The van der Waals surface area contributed by atoms with Crippen molar-refractivity contribution < 1.29 is 36.6 Å². The summed E-state index contributed by atoms with van der Waals surface area (Å²) < 4.78 is 57.4. The van der Waals surface area contributed by atoms with Gasteiger partial charge in [-0.3, -0.25) is 9.59 Å². The Hall–Kier alpha value is -3.10. The highest BCUT2D eigenvalue weighted by atomic mass is 19.4. The lowest BCUT2D eigenvalue weighted by molar-refractivity contribution is -0.274. The SMILES string of the molecule is O=C(COC(=O)Cc1ccc(F)cc1)Nc1ccc(OC(F)(F)F)cc1. The molecule has 0 aliphatic carbocycles. The van der Waals surface area contributed by atoms with Gasteiger partial charge in [0.15, 0.2) is 6.61 Å². The molecule has 2 aromatic carbocycles. The average molecular weight is 371 g/mol. The highest BCUT2D eigenvalue weighted by molar-refractivity contribution is 5.92. The molecule has 0 aliphatic rings. The summed E-state index contributed by atoms with van der Waals surface area (Å²) in [6.45, 7) is -0.569. The number of nitrogens with one attached hydrogen (secondary N) is 1. The summed E-state index contributed by atoms with van der Waals surface area (Å²) in [4.78, 5) is 23.3. The molecule has 0 aliphatic heterocycles. The first-order valence-corrected chi connectivity index (χ1v) is 7.27. The van der Waals surface area contributed by atoms with Crippen molar-refractivity contribution in [3.63, 3.8) is 0 Å². The number of carbonyl (C=O) groups excluding carboxylic acids is 2. The van der Waals surface area contributed by atoms with Crippen LogP contribution in [0, 0.1) is 5.82 Å². The minimum Gasteiger partial charge on any atom is -0.455 e. The quantitative estimate of drug-likeness (QED) is 0.624. The number of halogens is 4. The predicted molar refractivity (Wildman–Crippen MR) is 82.8 cm³/mol. The number of alkyl halides is 3. The van der Waals surface area contributed by atoms with Crippen LogP contribution in [0.4, 0.5) is 23.2 Å². The summed E-state index contributed by atoms with van der Waals surface area (Å²) in [5, 5.41) is 2.36. The Bertz CT molecular complexity index is 758. The molecule has 1 N–H and O–H groups in total. The molecular formula is C17H13F4NO4. The van der Waals surface area contributed by atoms with Gasteiger partial charge in [-0.1, -0.05) is 12.1 Å². The van der Waals surface area contributed by atoms with E-state index in [1.54, 1.807) is 0 Å². The van der Waals surface area contributed by atoms with Crippen molar-refractivity contribution in [3.05, 3.63) is 59.9 Å². The Labute approximate surface area is 145 Å². The van der Waals surface area contributed by atoms with E-state index < -0.39 is 36.4 Å². The van der Waals surface area contributed by atoms with Crippen LogP contribution >= 0.6 is 0 Å². The molecule has 2 aromatic rings. The fourth-order valence-electron chi connectivity index (χ4n) is 1.90. The number of anilines is 1. The van der Waals surface area contributed by atoms with Crippen LogP contribution in [0.1, 0.15) is 5.56 Å². The van der Waals surface area contributed by atoms with Gasteiger partial charge in [-0.25, -0.2) is 4.39 Å². The first-order valence-electron chi connectivity index (χ1n) is 7.27. The van der Waals surface area contributed by atoms with E-state index in [2.05, 4.69) is 10.1 Å². The molecular weight excluding hydrogens is 358 g/mol. The lowest BCUT2D eigenvalue weighted by Gasteiger charge is -2.10. The van der Waals surface area contributed by atoms with Crippen molar-refractivity contribution in [2.45, 2.75) is 12.8 Å². The molecule has 0 spiro atoms. The molecule has 0 saturated heterocycles. The number of carbonyl (C=O) groups is 2. The van der Waals surface area contributed by atoms with E-state index in [0.29, 0.717) is 5.56 Å². The number of ether oxygens (including phenoxy) is 2. The minimum atomic E-state index is -4.80. The lowest BCUT2D eigenvalue weighted by atomic mass is 10.1. The van der Waals surface area contributed by atoms with Crippen molar-refractivity contribution in [1.29, 1.82) is 0 Å². The Morgan fingerprint density at radius 2 is 1.58 bits per heavy atom. The van der Waals surface area contributed by atoms with Gasteiger partial charge in [0.2, 0.25) is 0 Å². The Morgan fingerprint density at radius 1 is 0.962 bits per heavy atom. The molecule has 0 atom stereocenters. The van der Waals surface area contributed by atoms with Crippen LogP contribution in [-0.4, -0.2) is 24.8 Å². The second-order valence-electron chi connectivity index (χ2n) is 5.08. The number of rotatable bonds is 6. The van der Waals surface area contributed by atoms with Crippen LogP contribution < -0.4 is 10.1 Å². The third-order valence-corrected chi connectivity index (χ3v) is 3.00. The summed E-state index contributed by atoms with van der Waals surface area (Å²) >= 11 is 0. The van der Waals surface area contributed by atoms with Crippen LogP contribution in [0.15, 0.2) is 48.5 Å². The molecule has 0 unspecified atom stereocenters. The molecule has 1 amide bonds. The van der Waals surface area contributed by atoms with Gasteiger partial charge in [-0.15, -0.1) is 13.2 Å². The fourth-order valence-corrected chi connectivity index (χ4v) is 1.90. The zero-order chi connectivity index (χ0) is 19.2. The summed E-state index contributed by atoms with van der Waals surface area (Å²) in [6, 6.07) is 9.71. The summed E-state index contributed by atoms with van der Waals surface area (Å²) in [5.41, 5.74) is 0.733. The molecule has 26 heavy (non-hydrogen) atoms. The highest BCUT2D eigenvalue weighted by Crippen LogP contribution is 2.23. The third-order valence-electron chi connectivity index (χ3n) is 3.00. The molecule has 0 fully saturated rings. The topological polar surface area (TPSA) is 64.6 Å². The zero-order valence-electron chi connectivity index (χ0n) is 13.2. The van der Waals surface area contributed by atoms with Crippen LogP contribution in [-0.2, 0) is 20.7 Å². The summed E-state index contributed by atoms with van der Waals surface area (Å²) in [7, 11) is 0. The van der Waals surface area contributed by atoms with Gasteiger partial charge in [0, 0.05) is 5.69 Å². The molecule has 0 heterocycles. The Balaban J connectivity index is 1.77. The minimum absolute atomic E-state index is 0.128. The first-order chi connectivity index (χ1) is 12.2. The van der Waals surface area contributed by atoms with Gasteiger partial charge in [-0.05, 0) is 42.0 Å². The average Bonchev–Trinajstić information content (AvgIpc) is 2.56. The number of hydrogen-bond acceptors (Lipinski definition) is 4. The lowest BCUT2D eigenvalue weighted by Crippen LogP contribution is -2.21. The maximum absolute atomic E-state index is 12.8. The van der Waals surface area contributed by atoms with Gasteiger partial charge in [0.1, 0.15) is 11.6 Å². The molecule has 0 radical (unpaired) electrons. The van der Waals surface area contributed by atoms with E-state index in [1.165, 1.54) is 36.4 Å². The van der Waals surface area contributed by atoms with E-state index in [0.717, 1.165) is 12.1 Å². The van der Waals surface area contributed by atoms with Crippen LogP contribution in [0.5, 0.6) is 5.75 Å². The second-order valence-corrected chi connectivity index (χ2v) is 5.08. The third kappa shape index (κ3) is 6.80. The molecule has 138 valence electrons. The Morgan fingerprint density at radius 3 is 2.15 bits per heavy atom. The van der Waals surface area contributed by atoms with E-state index in [4.69, 9.17) is 4.74 Å². The molecule has 9 heteroatoms. The molecule has 2 rings (SSSR count). The van der Waals surface area contributed by atoms with Gasteiger partial charge >= 0.3 is 12.3 Å². The smallest absolute Gasteiger partial charge is 0.455 e. The maximum atomic E-state index is 12.8. The van der Waals surface area contributed by atoms with Crippen molar-refractivity contribution >= 4 is 17.6 Å². The standard InChI is InChI=1S/C17H13F4NO4/c18-12-3-1-11(2-4-12)9-16(24)25-10-15(23)22-13-5-7-14(8-6-13)26-17(19,20)21/h1-8H,9-10H2,(H,22,23). The Kier molecular flexibility index (Phi) is 6.16. The van der Waals surface area contributed by atoms with E-state index in [1.807, 2.05) is 0 Å². The van der Waals surface area contributed by atoms with Crippen molar-refractivity contribution in [1.82, 2.24) is 0 Å². The normalized spacial score (nSPS) is 10.9. The van der Waals surface area contributed by atoms with Crippen LogP contribution in [0.2, 0.25) is 0 Å². The van der Waals surface area contributed by atoms with Crippen LogP contribution in [0.3, 0.4) is 0 Å². The van der Waals surface area contributed by atoms with E-state index in [-0.39, 0.29) is 12.1 Å². The monoisotopic (exact) mass is 371 g/mol. The fraction of sp³-hybridized carbons (Fsp3) is 0.176. The second kappa shape index (κ2) is 8.32.